The van der Waals surface area contributed by atoms with Crippen molar-refractivity contribution in [3.05, 3.63) is 71.8 Å². The molecule has 4 aliphatic heterocycles. The molecule has 2 aromatic rings. The van der Waals surface area contributed by atoms with Gasteiger partial charge in [0.25, 0.3) is 0 Å². The second kappa shape index (κ2) is 7.64. The van der Waals surface area contributed by atoms with Gasteiger partial charge in [-0.05, 0) is 36.3 Å². The molecule has 4 heterocycles. The van der Waals surface area contributed by atoms with Gasteiger partial charge in [0, 0.05) is 6.42 Å². The number of halogens is 1. The van der Waals surface area contributed by atoms with Crippen LogP contribution in [0.2, 0.25) is 0 Å². The summed E-state index contributed by atoms with van der Waals surface area (Å²) < 4.78 is 7.24. The van der Waals surface area contributed by atoms with Gasteiger partial charge < -0.3 is 26.2 Å². The highest BCUT2D eigenvalue weighted by molar-refractivity contribution is 5.89. The number of fused-ring (bicyclic) bond motifs is 3. The lowest BCUT2D eigenvalue weighted by atomic mass is 9.72. The van der Waals surface area contributed by atoms with Crippen molar-refractivity contribution < 1.29 is 31.0 Å². The van der Waals surface area contributed by atoms with Crippen LogP contribution >= 0.6 is 0 Å². The van der Waals surface area contributed by atoms with E-state index < -0.39 is 5.41 Å². The maximum absolute atomic E-state index is 13.3. The molecule has 4 aliphatic rings. The topological polar surface area (TPSA) is 26.3 Å². The van der Waals surface area contributed by atoms with Crippen molar-refractivity contribution in [3.63, 3.8) is 0 Å². The Morgan fingerprint density at radius 2 is 1.36 bits per heavy atom. The van der Waals surface area contributed by atoms with E-state index in [1.165, 1.54) is 38.9 Å². The van der Waals surface area contributed by atoms with Crippen LogP contribution in [0.1, 0.15) is 36.8 Å². The largest absolute Gasteiger partial charge is 1.00 e. The number of carbonyl (C=O) groups excluding carboxylic acids is 1. The van der Waals surface area contributed by atoms with E-state index in [9.17, 15) is 4.79 Å². The first-order valence-corrected chi connectivity index (χ1v) is 10.4. The maximum Gasteiger partial charge on any atom is 0.321 e. The lowest BCUT2D eigenvalue weighted by Gasteiger charge is -2.49. The van der Waals surface area contributed by atoms with E-state index in [0.29, 0.717) is 0 Å². The first-order chi connectivity index (χ1) is 13.2. The van der Waals surface area contributed by atoms with Crippen LogP contribution in [-0.2, 0) is 14.9 Å². The van der Waals surface area contributed by atoms with E-state index in [0.717, 1.165) is 34.5 Å². The van der Waals surface area contributed by atoms with E-state index in [-0.39, 0.29) is 29.1 Å². The van der Waals surface area contributed by atoms with Crippen molar-refractivity contribution in [1.82, 2.24) is 0 Å². The number of nitrogens with zero attached hydrogens (tertiary/aromatic N) is 1. The molecular weight excluding hydrogens is 414 g/mol. The first-order valence-electron chi connectivity index (χ1n) is 10.4. The zero-order valence-electron chi connectivity index (χ0n) is 16.2. The molecule has 0 saturated carbocycles. The molecule has 1 unspecified atom stereocenters. The average Bonchev–Trinajstić information content (AvgIpc) is 3.06. The Morgan fingerprint density at radius 1 is 0.857 bits per heavy atom. The Hall–Kier alpha value is -1.65. The van der Waals surface area contributed by atoms with Crippen molar-refractivity contribution in [3.8, 4) is 0 Å². The molecule has 4 saturated heterocycles. The predicted octanol–water partition coefficient (Wildman–Crippen LogP) is 0.923. The maximum atomic E-state index is 13.3. The minimum Gasteiger partial charge on any atom is -1.00 e. The Kier molecular flexibility index (Phi) is 5.36. The van der Waals surface area contributed by atoms with Crippen LogP contribution in [0, 0.1) is 5.92 Å². The van der Waals surface area contributed by atoms with Crippen molar-refractivity contribution in [2.24, 2.45) is 5.92 Å². The molecule has 2 bridgehead atoms. The van der Waals surface area contributed by atoms with E-state index >= 15 is 0 Å². The smallest absolute Gasteiger partial charge is 0.321 e. The fourth-order valence-corrected chi connectivity index (χ4v) is 5.75. The molecular formula is C24H28BrNO2. The summed E-state index contributed by atoms with van der Waals surface area (Å²) in [5.41, 5.74) is 1.45. The number of piperidine rings is 3. The summed E-state index contributed by atoms with van der Waals surface area (Å²) in [5.74, 6) is 0.874. The number of benzene rings is 2. The van der Waals surface area contributed by atoms with Crippen LogP contribution in [0.5, 0.6) is 0 Å². The van der Waals surface area contributed by atoms with Crippen molar-refractivity contribution in [2.45, 2.75) is 37.2 Å². The Labute approximate surface area is 178 Å². The van der Waals surface area contributed by atoms with Gasteiger partial charge in [0.15, 0.2) is 6.10 Å². The lowest BCUT2D eigenvalue weighted by Crippen LogP contribution is -3.00. The molecule has 0 aliphatic carbocycles. The molecule has 4 heteroatoms. The van der Waals surface area contributed by atoms with E-state index in [4.69, 9.17) is 4.74 Å². The average molecular weight is 442 g/mol. The standard InChI is InChI=1S/C24H28NO2.BrH/c26-23-24(20-7-3-1-4-8-20,21-9-5-2-6-10-21)17-22(27-23)18-25-14-11-19(12-15-25)13-16-25;/h1-10,19,22H,11-18H2;1H/q+1;/p-1. The number of hydrogen-bond acceptors (Lipinski definition) is 2. The molecule has 4 fully saturated rings. The molecule has 0 aromatic heterocycles. The zero-order chi connectivity index (χ0) is 18.3. The molecule has 28 heavy (non-hydrogen) atoms. The highest BCUT2D eigenvalue weighted by Crippen LogP contribution is 2.45. The number of rotatable bonds is 4. The first kappa shape index (κ1) is 19.7. The van der Waals surface area contributed by atoms with Gasteiger partial charge in [-0.1, -0.05) is 60.7 Å². The number of esters is 1. The van der Waals surface area contributed by atoms with Crippen LogP contribution < -0.4 is 17.0 Å². The van der Waals surface area contributed by atoms with Gasteiger partial charge in [0.2, 0.25) is 0 Å². The van der Waals surface area contributed by atoms with Gasteiger partial charge in [-0.15, -0.1) is 0 Å². The van der Waals surface area contributed by atoms with Crippen LogP contribution in [0.4, 0.5) is 0 Å². The fraction of sp³-hybridized carbons (Fsp3) is 0.458. The van der Waals surface area contributed by atoms with Gasteiger partial charge >= 0.3 is 5.97 Å². The third-order valence-electron chi connectivity index (χ3n) is 7.32. The van der Waals surface area contributed by atoms with Crippen LogP contribution in [0.3, 0.4) is 0 Å². The summed E-state index contributed by atoms with van der Waals surface area (Å²) in [5, 5.41) is 0. The molecule has 6 rings (SSSR count). The van der Waals surface area contributed by atoms with Gasteiger partial charge in [-0.2, -0.15) is 0 Å². The molecule has 148 valence electrons. The molecule has 1 atom stereocenters. The van der Waals surface area contributed by atoms with Gasteiger partial charge in [-0.3, -0.25) is 4.79 Å². The molecule has 3 nitrogen and oxygen atoms in total. The molecule has 2 aromatic carbocycles. The van der Waals surface area contributed by atoms with E-state index in [1.807, 2.05) is 36.4 Å². The lowest BCUT2D eigenvalue weighted by molar-refractivity contribution is -0.945. The monoisotopic (exact) mass is 441 g/mol. The summed E-state index contributed by atoms with van der Waals surface area (Å²) in [4.78, 5) is 13.3. The second-order valence-corrected chi connectivity index (χ2v) is 8.80. The summed E-state index contributed by atoms with van der Waals surface area (Å²) in [6.07, 6.45) is 4.81. The van der Waals surface area contributed by atoms with Crippen LogP contribution in [0.25, 0.3) is 0 Å². The minimum atomic E-state index is -0.667. The SMILES string of the molecule is O=C1OC(C[N+]23CCC(CC2)CC3)CC1(c1ccccc1)c1ccccc1.[Br-]. The summed E-state index contributed by atoms with van der Waals surface area (Å²) in [6.45, 7) is 4.78. The third-order valence-corrected chi connectivity index (χ3v) is 7.32. The second-order valence-electron chi connectivity index (χ2n) is 8.80. The molecule has 0 amide bonds. The molecule has 0 spiro atoms. The number of quaternary nitrogens is 1. The predicted molar refractivity (Wildman–Crippen MR) is 105 cm³/mol. The van der Waals surface area contributed by atoms with Crippen molar-refractivity contribution in [1.29, 1.82) is 0 Å². The highest BCUT2D eigenvalue weighted by atomic mass is 79.9. The number of ether oxygens (including phenoxy) is 1. The molecule has 0 N–H and O–H groups in total. The quantitative estimate of drug-likeness (QED) is 0.520. The van der Waals surface area contributed by atoms with Crippen LogP contribution in [0.15, 0.2) is 60.7 Å². The third kappa shape index (κ3) is 3.21. The van der Waals surface area contributed by atoms with E-state index in [2.05, 4.69) is 24.3 Å². The number of carbonyl (C=O) groups is 1. The van der Waals surface area contributed by atoms with Crippen LogP contribution in [-0.4, -0.2) is 42.7 Å². The summed E-state index contributed by atoms with van der Waals surface area (Å²) in [7, 11) is 0. The number of cyclic esters (lactones) is 1. The van der Waals surface area contributed by atoms with E-state index in [1.54, 1.807) is 0 Å². The van der Waals surface area contributed by atoms with Gasteiger partial charge in [0.1, 0.15) is 12.0 Å². The van der Waals surface area contributed by atoms with Crippen molar-refractivity contribution in [2.75, 3.05) is 26.2 Å². The zero-order valence-corrected chi connectivity index (χ0v) is 17.8. The fourth-order valence-electron chi connectivity index (χ4n) is 5.75. The summed E-state index contributed by atoms with van der Waals surface area (Å²) >= 11 is 0. The van der Waals surface area contributed by atoms with Gasteiger partial charge in [0.05, 0.1) is 19.6 Å². The Balaban J connectivity index is 0.00000192. The molecule has 0 radical (unpaired) electrons. The minimum absolute atomic E-state index is 0. The Morgan fingerprint density at radius 3 is 1.86 bits per heavy atom. The summed E-state index contributed by atoms with van der Waals surface area (Å²) in [6, 6.07) is 20.4. The number of hydrogen-bond donors (Lipinski definition) is 0. The van der Waals surface area contributed by atoms with Gasteiger partial charge in [-0.25, -0.2) is 0 Å². The Bertz CT molecular complexity index is 762. The van der Waals surface area contributed by atoms with Crippen molar-refractivity contribution >= 4 is 5.97 Å². The highest BCUT2D eigenvalue weighted by Gasteiger charge is 2.54. The normalized spacial score (nSPS) is 30.5.